The van der Waals surface area contributed by atoms with Crippen LogP contribution in [0.2, 0.25) is 0 Å². The molecule has 0 saturated carbocycles. The molecule has 11 nitrogen and oxygen atoms in total. The number of nitro groups is 1. The molecular weight excluding hydrogens is 635 g/mol. The molecule has 1 aliphatic heterocycles. The molecule has 1 saturated heterocycles. The Bertz CT molecular complexity index is 2050. The summed E-state index contributed by atoms with van der Waals surface area (Å²) in [7, 11) is 0. The van der Waals surface area contributed by atoms with E-state index in [1.54, 1.807) is 24.3 Å². The minimum Gasteiger partial charge on any atom is -0.268 e. The summed E-state index contributed by atoms with van der Waals surface area (Å²) in [6.07, 6.45) is 1.37. The lowest BCUT2D eigenvalue weighted by atomic mass is 10.0. The summed E-state index contributed by atoms with van der Waals surface area (Å²) in [5, 5.41) is 24.4. The maximum Gasteiger partial charge on any atom is 0.283 e. The van der Waals surface area contributed by atoms with Gasteiger partial charge in [-0.3, -0.25) is 29.5 Å². The largest absolute Gasteiger partial charge is 0.283 e. The van der Waals surface area contributed by atoms with Crippen molar-refractivity contribution in [2.75, 3.05) is 9.80 Å². The fourth-order valence-corrected chi connectivity index (χ4v) is 6.26. The van der Waals surface area contributed by atoms with Crippen LogP contribution in [0.1, 0.15) is 27.8 Å². The zero-order chi connectivity index (χ0) is 33.4. The van der Waals surface area contributed by atoms with E-state index in [-0.39, 0.29) is 26.8 Å². The van der Waals surface area contributed by atoms with Crippen molar-refractivity contribution in [3.05, 3.63) is 128 Å². The second-order valence-corrected chi connectivity index (χ2v) is 12.3. The molecule has 0 atom stereocenters. The van der Waals surface area contributed by atoms with Gasteiger partial charge in [0.2, 0.25) is 5.16 Å². The molecule has 13 heteroatoms. The molecule has 1 aromatic heterocycles. The molecule has 234 valence electrons. The summed E-state index contributed by atoms with van der Waals surface area (Å²) in [5.74, 6) is -1.27. The first-order chi connectivity index (χ1) is 22.5. The average molecular weight is 662 g/mol. The molecule has 0 aliphatic carbocycles. The van der Waals surface area contributed by atoms with E-state index in [9.17, 15) is 19.7 Å². The molecule has 2 amide bonds. The summed E-state index contributed by atoms with van der Waals surface area (Å²) < 4.78 is 1.48. The highest BCUT2D eigenvalue weighted by molar-refractivity contribution is 7.99. The van der Waals surface area contributed by atoms with E-state index in [1.807, 2.05) is 82.3 Å². The molecule has 1 aliphatic rings. The van der Waals surface area contributed by atoms with Crippen LogP contribution >= 0.6 is 24.0 Å². The van der Waals surface area contributed by atoms with Crippen molar-refractivity contribution >= 4 is 64.0 Å². The number of carbonyl (C=O) groups excluding carboxylic acids is 2. The number of carbonyl (C=O) groups is 2. The Morgan fingerprint density at radius 3 is 1.91 bits per heavy atom. The highest BCUT2D eigenvalue weighted by Crippen LogP contribution is 2.36. The summed E-state index contributed by atoms with van der Waals surface area (Å²) in [5.41, 5.74) is 5.50. The third-order valence-corrected chi connectivity index (χ3v) is 9.25. The smallest absolute Gasteiger partial charge is 0.268 e. The minimum absolute atomic E-state index is 0.0116. The van der Waals surface area contributed by atoms with E-state index in [4.69, 9.17) is 12.2 Å². The Morgan fingerprint density at radius 1 is 0.766 bits per heavy atom. The van der Waals surface area contributed by atoms with Crippen LogP contribution in [0.5, 0.6) is 0 Å². The van der Waals surface area contributed by atoms with E-state index in [0.29, 0.717) is 22.2 Å². The Kier molecular flexibility index (Phi) is 8.50. The van der Waals surface area contributed by atoms with Crippen LogP contribution in [-0.4, -0.2) is 42.1 Å². The van der Waals surface area contributed by atoms with Crippen LogP contribution in [0, 0.1) is 37.8 Å². The zero-order valence-electron chi connectivity index (χ0n) is 25.7. The van der Waals surface area contributed by atoms with Gasteiger partial charge in [-0.2, -0.15) is 4.68 Å². The van der Waals surface area contributed by atoms with Gasteiger partial charge in [0.25, 0.3) is 17.5 Å². The molecule has 4 aromatic carbocycles. The fraction of sp³-hybridized carbons (Fsp3) is 0.118. The first kappa shape index (κ1) is 31.5. The maximum absolute atomic E-state index is 14.1. The SMILES string of the molecule is Cc1ccc(N2C(=O)C(=Cc3ccc(Sc4nnnn4-c4ccccc4)c([N+](=O)[O-])c3)C(=O)N(c3ccc(C)c(C)c3)C2=S)cc1C. The Hall–Kier alpha value is -5.53. The lowest BCUT2D eigenvalue weighted by Gasteiger charge is -2.37. The van der Waals surface area contributed by atoms with Crippen molar-refractivity contribution in [2.45, 2.75) is 37.7 Å². The van der Waals surface area contributed by atoms with E-state index in [1.165, 1.54) is 26.6 Å². The second-order valence-electron chi connectivity index (χ2n) is 11.0. The van der Waals surface area contributed by atoms with E-state index >= 15 is 0 Å². The van der Waals surface area contributed by atoms with Gasteiger partial charge in [-0.15, -0.1) is 5.10 Å². The van der Waals surface area contributed by atoms with Crippen molar-refractivity contribution < 1.29 is 14.5 Å². The second kappa shape index (κ2) is 12.7. The molecule has 0 bridgehead atoms. The fourth-order valence-electron chi connectivity index (χ4n) is 5.01. The van der Waals surface area contributed by atoms with E-state index < -0.39 is 16.7 Å². The number of amides is 2. The number of hydrogen-bond donors (Lipinski definition) is 0. The molecule has 5 aromatic rings. The topological polar surface area (TPSA) is 127 Å². The normalized spacial score (nSPS) is 13.4. The summed E-state index contributed by atoms with van der Waals surface area (Å²) >= 11 is 6.81. The predicted molar refractivity (Wildman–Crippen MR) is 184 cm³/mol. The van der Waals surface area contributed by atoms with E-state index in [0.717, 1.165) is 34.0 Å². The van der Waals surface area contributed by atoms with Crippen LogP contribution in [0.3, 0.4) is 0 Å². The van der Waals surface area contributed by atoms with Gasteiger partial charge in [0.1, 0.15) is 5.57 Å². The number of benzene rings is 4. The first-order valence-electron chi connectivity index (χ1n) is 14.4. The van der Waals surface area contributed by atoms with Crippen LogP contribution in [0.4, 0.5) is 17.1 Å². The van der Waals surface area contributed by atoms with Gasteiger partial charge in [-0.25, -0.2) is 0 Å². The van der Waals surface area contributed by atoms with Crippen molar-refractivity contribution in [3.63, 3.8) is 0 Å². The van der Waals surface area contributed by atoms with Crippen molar-refractivity contribution in [1.82, 2.24) is 20.2 Å². The van der Waals surface area contributed by atoms with Crippen LogP contribution < -0.4 is 9.80 Å². The first-order valence-corrected chi connectivity index (χ1v) is 15.6. The van der Waals surface area contributed by atoms with Gasteiger partial charge in [-0.05, 0) is 138 Å². The molecular formula is C34H27N7O4S2. The monoisotopic (exact) mass is 661 g/mol. The molecule has 2 heterocycles. The lowest BCUT2D eigenvalue weighted by molar-refractivity contribution is -0.387. The molecule has 6 rings (SSSR count). The average Bonchev–Trinajstić information content (AvgIpc) is 3.52. The molecule has 1 fully saturated rings. The maximum atomic E-state index is 14.1. The third kappa shape index (κ3) is 6.05. The molecule has 0 N–H and O–H groups in total. The lowest BCUT2D eigenvalue weighted by Crippen LogP contribution is -2.57. The van der Waals surface area contributed by atoms with Gasteiger partial charge < -0.3 is 0 Å². The number of tetrazole rings is 1. The summed E-state index contributed by atoms with van der Waals surface area (Å²) in [4.78, 5) is 42.8. The van der Waals surface area contributed by atoms with Crippen molar-refractivity contribution in [1.29, 1.82) is 0 Å². The number of nitrogens with zero attached hydrogens (tertiary/aromatic N) is 7. The number of aromatic nitrogens is 4. The number of anilines is 2. The van der Waals surface area contributed by atoms with Gasteiger partial charge in [0, 0.05) is 6.07 Å². The van der Waals surface area contributed by atoms with E-state index in [2.05, 4.69) is 15.5 Å². The predicted octanol–water partition coefficient (Wildman–Crippen LogP) is 6.70. The summed E-state index contributed by atoms with van der Waals surface area (Å²) in [6.45, 7) is 7.78. The number of thiocarbonyl (C=S) groups is 1. The summed E-state index contributed by atoms with van der Waals surface area (Å²) in [6, 6.07) is 24.6. The Morgan fingerprint density at radius 2 is 1.36 bits per heavy atom. The Balaban J connectivity index is 1.43. The van der Waals surface area contributed by atoms with Crippen LogP contribution in [-0.2, 0) is 9.59 Å². The van der Waals surface area contributed by atoms with Gasteiger partial charge >= 0.3 is 0 Å². The Labute approximate surface area is 279 Å². The van der Waals surface area contributed by atoms with Crippen molar-refractivity contribution in [2.24, 2.45) is 0 Å². The number of para-hydroxylation sites is 1. The highest BCUT2D eigenvalue weighted by Gasteiger charge is 2.41. The highest BCUT2D eigenvalue weighted by atomic mass is 32.2. The van der Waals surface area contributed by atoms with Gasteiger partial charge in [0.05, 0.1) is 26.9 Å². The minimum atomic E-state index is -0.633. The molecule has 0 unspecified atom stereocenters. The standard InChI is InChI=1S/C34H27N7O4S2/c1-20-10-13-26(16-22(20)3)38-31(42)28(32(43)39(34(38)46)27-14-11-21(2)23(4)17-27)18-24-12-15-30(29(19-24)41(44)45)47-33-35-36-37-40(33)25-8-6-5-7-9-25/h5-19H,1-4H3. The zero-order valence-corrected chi connectivity index (χ0v) is 27.4. The molecule has 0 spiro atoms. The van der Waals surface area contributed by atoms with Gasteiger partial charge in [0.15, 0.2) is 5.11 Å². The van der Waals surface area contributed by atoms with Gasteiger partial charge in [-0.1, -0.05) is 36.4 Å². The number of nitro benzene ring substituents is 1. The third-order valence-electron chi connectivity index (χ3n) is 7.88. The number of aryl methyl sites for hydroxylation is 4. The quantitative estimate of drug-likeness (QED) is 0.0615. The van der Waals surface area contributed by atoms with Crippen molar-refractivity contribution in [3.8, 4) is 5.69 Å². The number of hydrogen-bond acceptors (Lipinski definition) is 9. The molecule has 0 radical (unpaired) electrons. The molecule has 47 heavy (non-hydrogen) atoms. The number of rotatable bonds is 7. The van der Waals surface area contributed by atoms with Crippen LogP contribution in [0.15, 0.2) is 101 Å². The van der Waals surface area contributed by atoms with Crippen LogP contribution in [0.25, 0.3) is 11.8 Å².